The Bertz CT molecular complexity index is 718. The first kappa shape index (κ1) is 10.7. The van der Waals surface area contributed by atoms with Gasteiger partial charge in [-0.3, -0.25) is 9.35 Å². The Kier molecular flexibility index (Phi) is 2.21. The third-order valence-electron chi connectivity index (χ3n) is 2.17. The largest absolute Gasteiger partial charge is 0.397 e. The van der Waals surface area contributed by atoms with Crippen molar-refractivity contribution < 1.29 is 13.0 Å². The van der Waals surface area contributed by atoms with Gasteiger partial charge in [-0.15, -0.1) is 0 Å². The standard InChI is InChI=1S/C9H8N2O4S/c10-7-5-3-1-2-4-6(5)11-9(12)8(7)16(13,14)15/h1-4H,(H3,10,11,12)(H,13,14,15). The van der Waals surface area contributed by atoms with E-state index in [2.05, 4.69) is 4.98 Å². The highest BCUT2D eigenvalue weighted by atomic mass is 32.2. The molecule has 1 heterocycles. The number of rotatable bonds is 1. The normalized spacial score (nSPS) is 11.8. The molecule has 6 nitrogen and oxygen atoms in total. The summed E-state index contributed by atoms with van der Waals surface area (Å²) in [5, 5.41) is 0.370. The lowest BCUT2D eigenvalue weighted by atomic mass is 10.2. The summed E-state index contributed by atoms with van der Waals surface area (Å²) < 4.78 is 30.8. The molecule has 0 fully saturated rings. The minimum absolute atomic E-state index is 0.248. The lowest BCUT2D eigenvalue weighted by molar-refractivity contribution is 0.482. The van der Waals surface area contributed by atoms with Gasteiger partial charge in [0.2, 0.25) is 0 Å². The number of nitrogen functional groups attached to an aromatic ring is 1. The van der Waals surface area contributed by atoms with Crippen molar-refractivity contribution in [3.8, 4) is 0 Å². The molecular formula is C9H8N2O4S. The fourth-order valence-corrected chi connectivity index (χ4v) is 2.18. The molecule has 4 N–H and O–H groups in total. The van der Waals surface area contributed by atoms with Crippen LogP contribution in [0.25, 0.3) is 10.9 Å². The second-order valence-electron chi connectivity index (χ2n) is 3.22. The van der Waals surface area contributed by atoms with E-state index in [-0.39, 0.29) is 5.69 Å². The van der Waals surface area contributed by atoms with E-state index >= 15 is 0 Å². The third kappa shape index (κ3) is 1.55. The topological polar surface area (TPSA) is 113 Å². The predicted molar refractivity (Wildman–Crippen MR) is 58.8 cm³/mol. The van der Waals surface area contributed by atoms with Crippen molar-refractivity contribution >= 4 is 26.7 Å². The third-order valence-corrected chi connectivity index (χ3v) is 3.10. The van der Waals surface area contributed by atoms with E-state index < -0.39 is 20.6 Å². The van der Waals surface area contributed by atoms with Crippen molar-refractivity contribution in [2.24, 2.45) is 0 Å². The number of aromatic amines is 1. The maximum atomic E-state index is 11.4. The number of hydrogen-bond acceptors (Lipinski definition) is 4. The zero-order chi connectivity index (χ0) is 11.9. The number of fused-ring (bicyclic) bond motifs is 1. The Morgan fingerprint density at radius 2 is 1.88 bits per heavy atom. The van der Waals surface area contributed by atoms with Gasteiger partial charge < -0.3 is 10.7 Å². The number of H-pyrrole nitrogens is 1. The smallest absolute Gasteiger partial charge is 0.302 e. The molecule has 0 saturated carbocycles. The molecule has 2 rings (SSSR count). The average molecular weight is 240 g/mol. The van der Waals surface area contributed by atoms with Crippen LogP contribution in [-0.4, -0.2) is 18.0 Å². The van der Waals surface area contributed by atoms with Crippen LogP contribution in [0, 0.1) is 0 Å². The van der Waals surface area contributed by atoms with Gasteiger partial charge in [0.05, 0.1) is 11.2 Å². The zero-order valence-electron chi connectivity index (χ0n) is 7.97. The predicted octanol–water partition coefficient (Wildman–Crippen LogP) is 0.357. The summed E-state index contributed by atoms with van der Waals surface area (Å²) in [4.78, 5) is 12.9. The van der Waals surface area contributed by atoms with Crippen molar-refractivity contribution in [3.63, 3.8) is 0 Å². The first-order valence-corrected chi connectivity index (χ1v) is 5.73. The van der Waals surface area contributed by atoms with Crippen LogP contribution in [0.15, 0.2) is 34.0 Å². The minimum atomic E-state index is -4.62. The van der Waals surface area contributed by atoms with E-state index in [1.165, 1.54) is 0 Å². The van der Waals surface area contributed by atoms with Gasteiger partial charge >= 0.3 is 10.1 Å². The highest BCUT2D eigenvalue weighted by Crippen LogP contribution is 2.22. The monoisotopic (exact) mass is 240 g/mol. The van der Waals surface area contributed by atoms with Crippen LogP contribution >= 0.6 is 0 Å². The molecular weight excluding hydrogens is 232 g/mol. The quantitative estimate of drug-likeness (QED) is 0.623. The molecule has 0 unspecified atom stereocenters. The number of nitrogens with one attached hydrogen (secondary N) is 1. The molecule has 0 aliphatic carbocycles. The van der Waals surface area contributed by atoms with E-state index in [1.807, 2.05) is 0 Å². The van der Waals surface area contributed by atoms with Crippen LogP contribution in [0.2, 0.25) is 0 Å². The Hall–Kier alpha value is -1.86. The number of aromatic nitrogens is 1. The summed E-state index contributed by atoms with van der Waals surface area (Å²) >= 11 is 0. The van der Waals surface area contributed by atoms with Crippen LogP contribution < -0.4 is 11.3 Å². The summed E-state index contributed by atoms with van der Waals surface area (Å²) in [6.45, 7) is 0. The number of hydrogen-bond donors (Lipinski definition) is 3. The van der Waals surface area contributed by atoms with E-state index in [4.69, 9.17) is 10.3 Å². The first-order chi connectivity index (χ1) is 7.41. The highest BCUT2D eigenvalue weighted by Gasteiger charge is 2.20. The highest BCUT2D eigenvalue weighted by molar-refractivity contribution is 7.86. The molecule has 0 atom stereocenters. The van der Waals surface area contributed by atoms with Crippen LogP contribution in [0.5, 0.6) is 0 Å². The summed E-state index contributed by atoms with van der Waals surface area (Å²) in [5.74, 6) is 0. The van der Waals surface area contributed by atoms with Gasteiger partial charge in [-0.2, -0.15) is 8.42 Å². The van der Waals surface area contributed by atoms with Crippen molar-refractivity contribution in [2.75, 3.05) is 5.73 Å². The van der Waals surface area contributed by atoms with Gasteiger partial charge in [0.15, 0.2) is 4.90 Å². The molecule has 84 valence electrons. The van der Waals surface area contributed by atoms with Crippen molar-refractivity contribution in [1.82, 2.24) is 4.98 Å². The summed E-state index contributed by atoms with van der Waals surface area (Å²) in [6, 6.07) is 6.45. The van der Waals surface area contributed by atoms with Crippen LogP contribution in [0.3, 0.4) is 0 Å². The molecule has 0 amide bonds. The summed E-state index contributed by atoms with van der Waals surface area (Å²) in [6.07, 6.45) is 0. The maximum absolute atomic E-state index is 11.4. The van der Waals surface area contributed by atoms with Gasteiger partial charge in [-0.25, -0.2) is 0 Å². The van der Waals surface area contributed by atoms with Crippen LogP contribution in [0.1, 0.15) is 0 Å². The molecule has 0 bridgehead atoms. The lowest BCUT2D eigenvalue weighted by Crippen LogP contribution is -2.19. The zero-order valence-corrected chi connectivity index (χ0v) is 8.78. The van der Waals surface area contributed by atoms with E-state index in [0.29, 0.717) is 10.9 Å². The van der Waals surface area contributed by atoms with Crippen molar-refractivity contribution in [1.29, 1.82) is 0 Å². The average Bonchev–Trinajstić information content (AvgIpc) is 2.15. The number of nitrogens with two attached hydrogens (primary N) is 1. The second-order valence-corrected chi connectivity index (χ2v) is 4.58. The Labute approximate surface area is 90.5 Å². The Balaban J connectivity index is 3.04. The number of pyridine rings is 1. The fourth-order valence-electron chi connectivity index (χ4n) is 1.51. The van der Waals surface area contributed by atoms with Crippen molar-refractivity contribution in [2.45, 2.75) is 4.90 Å². The SMILES string of the molecule is Nc1c(S(=O)(=O)O)c(=O)[nH]c2ccccc12. The van der Waals surface area contributed by atoms with Crippen LogP contribution in [0.4, 0.5) is 5.69 Å². The van der Waals surface area contributed by atoms with E-state index in [0.717, 1.165) is 0 Å². The molecule has 0 saturated heterocycles. The minimum Gasteiger partial charge on any atom is -0.397 e. The lowest BCUT2D eigenvalue weighted by Gasteiger charge is -2.05. The molecule has 1 aromatic heterocycles. The van der Waals surface area contributed by atoms with Gasteiger partial charge in [0.25, 0.3) is 5.56 Å². The van der Waals surface area contributed by atoms with Crippen molar-refractivity contribution in [3.05, 3.63) is 34.6 Å². The maximum Gasteiger partial charge on any atom is 0.302 e. The molecule has 7 heteroatoms. The molecule has 0 aliphatic rings. The molecule has 0 aliphatic heterocycles. The van der Waals surface area contributed by atoms with E-state index in [1.54, 1.807) is 24.3 Å². The number of anilines is 1. The van der Waals surface area contributed by atoms with E-state index in [9.17, 15) is 13.2 Å². The van der Waals surface area contributed by atoms with Crippen LogP contribution in [-0.2, 0) is 10.1 Å². The molecule has 16 heavy (non-hydrogen) atoms. The van der Waals surface area contributed by atoms with Gasteiger partial charge in [0, 0.05) is 5.39 Å². The number of para-hydroxylation sites is 1. The van der Waals surface area contributed by atoms with Gasteiger partial charge in [-0.05, 0) is 6.07 Å². The number of benzene rings is 1. The van der Waals surface area contributed by atoms with Gasteiger partial charge in [0.1, 0.15) is 0 Å². The molecule has 0 radical (unpaired) electrons. The molecule has 0 spiro atoms. The summed E-state index contributed by atoms with van der Waals surface area (Å²) in [5.41, 5.74) is 4.78. The molecule has 2 aromatic rings. The Morgan fingerprint density at radius 3 is 2.50 bits per heavy atom. The Morgan fingerprint density at radius 1 is 1.25 bits per heavy atom. The fraction of sp³-hybridized carbons (Fsp3) is 0. The molecule has 1 aromatic carbocycles. The second kappa shape index (κ2) is 3.32. The summed E-state index contributed by atoms with van der Waals surface area (Å²) in [7, 11) is -4.62. The first-order valence-electron chi connectivity index (χ1n) is 4.29. The van der Waals surface area contributed by atoms with Gasteiger partial charge in [-0.1, -0.05) is 18.2 Å².